The average molecular weight is 396 g/mol. The minimum atomic E-state index is -0.354. The molecule has 1 heterocycles. The fraction of sp³-hybridized carbons (Fsp3) is 0.154. The molecule has 0 aliphatic carbocycles. The maximum absolute atomic E-state index is 11.1. The molecule has 1 aromatic heterocycles. The molecule has 4 rings (SSSR count). The molecule has 4 nitrogen and oxygen atoms in total. The molecule has 0 amide bonds. The zero-order chi connectivity index (χ0) is 20.9. The van der Waals surface area contributed by atoms with Crippen LogP contribution in [0.4, 0.5) is 5.69 Å². The van der Waals surface area contributed by atoms with E-state index in [4.69, 9.17) is 0 Å². The first-order valence-corrected chi connectivity index (χ1v) is 10.2. The number of non-ortho nitro benzene ring substituents is 1. The number of aryl methyl sites for hydroxylation is 1. The molecule has 4 heteroatoms. The number of nitrogens with zero attached hydrogens (tertiary/aromatic N) is 2. The van der Waals surface area contributed by atoms with Gasteiger partial charge in [0.2, 0.25) is 0 Å². The van der Waals surface area contributed by atoms with Crippen molar-refractivity contribution in [2.75, 3.05) is 0 Å². The van der Waals surface area contributed by atoms with Crippen LogP contribution in [-0.4, -0.2) is 9.49 Å². The van der Waals surface area contributed by atoms with Crippen molar-refractivity contribution in [3.63, 3.8) is 0 Å². The third-order valence-electron chi connectivity index (χ3n) is 5.30. The topological polar surface area (TPSA) is 48.1 Å². The number of benzene rings is 3. The summed E-state index contributed by atoms with van der Waals surface area (Å²) in [5.41, 5.74) is 7.11. The van der Waals surface area contributed by atoms with Gasteiger partial charge in [-0.15, -0.1) is 0 Å². The molecule has 3 aromatic carbocycles. The van der Waals surface area contributed by atoms with Crippen molar-refractivity contribution in [2.24, 2.45) is 0 Å². The first-order chi connectivity index (χ1) is 14.7. The zero-order valence-electron chi connectivity index (χ0n) is 17.0. The fourth-order valence-corrected chi connectivity index (χ4v) is 3.92. The van der Waals surface area contributed by atoms with Gasteiger partial charge in [0.25, 0.3) is 5.69 Å². The number of aromatic nitrogens is 1. The van der Waals surface area contributed by atoms with E-state index in [1.165, 1.54) is 28.1 Å². The van der Waals surface area contributed by atoms with Gasteiger partial charge in [0, 0.05) is 41.2 Å². The monoisotopic (exact) mass is 396 g/mol. The second kappa shape index (κ2) is 8.78. The molecule has 0 saturated carbocycles. The van der Waals surface area contributed by atoms with Gasteiger partial charge < -0.3 is 4.57 Å². The summed E-state index contributed by atoms with van der Waals surface area (Å²) in [6, 6.07) is 30.0. The molecule has 0 unspecified atom stereocenters. The van der Waals surface area contributed by atoms with Crippen LogP contribution in [0.25, 0.3) is 16.8 Å². The second-order valence-electron chi connectivity index (χ2n) is 7.38. The van der Waals surface area contributed by atoms with Gasteiger partial charge in [0.15, 0.2) is 0 Å². The predicted molar refractivity (Wildman–Crippen MR) is 121 cm³/mol. The smallest absolute Gasteiger partial charge is 0.269 e. The lowest BCUT2D eigenvalue weighted by atomic mass is 10.0. The minimum Gasteiger partial charge on any atom is -0.317 e. The van der Waals surface area contributed by atoms with Gasteiger partial charge in [-0.25, -0.2) is 0 Å². The lowest BCUT2D eigenvalue weighted by Crippen LogP contribution is -2.06. The lowest BCUT2D eigenvalue weighted by molar-refractivity contribution is -0.384. The van der Waals surface area contributed by atoms with Gasteiger partial charge in [-0.3, -0.25) is 10.1 Å². The molecule has 150 valence electrons. The van der Waals surface area contributed by atoms with E-state index >= 15 is 0 Å². The molecule has 0 bridgehead atoms. The van der Waals surface area contributed by atoms with Crippen LogP contribution in [0.2, 0.25) is 0 Å². The highest BCUT2D eigenvalue weighted by Crippen LogP contribution is 2.33. The third kappa shape index (κ3) is 4.03. The maximum Gasteiger partial charge on any atom is 0.269 e. The first-order valence-electron chi connectivity index (χ1n) is 10.2. The normalized spacial score (nSPS) is 10.8. The molecular weight excluding hydrogens is 372 g/mol. The molecule has 0 N–H and O–H groups in total. The molecule has 0 aliphatic heterocycles. The summed E-state index contributed by atoms with van der Waals surface area (Å²) in [6.45, 7) is 2.17. The molecule has 0 atom stereocenters. The van der Waals surface area contributed by atoms with Crippen LogP contribution in [0.3, 0.4) is 0 Å². The number of rotatable bonds is 7. The molecule has 30 heavy (non-hydrogen) atoms. The van der Waals surface area contributed by atoms with Gasteiger partial charge >= 0.3 is 0 Å². The highest BCUT2D eigenvalue weighted by Gasteiger charge is 2.18. The Kier molecular flexibility index (Phi) is 5.75. The Morgan fingerprint density at radius 3 is 2.10 bits per heavy atom. The van der Waals surface area contributed by atoms with Crippen LogP contribution in [0.15, 0.2) is 91.0 Å². The van der Waals surface area contributed by atoms with Crippen molar-refractivity contribution in [3.05, 3.63) is 118 Å². The minimum absolute atomic E-state index is 0.107. The van der Waals surface area contributed by atoms with Crippen molar-refractivity contribution in [2.45, 2.75) is 26.2 Å². The van der Waals surface area contributed by atoms with Crippen molar-refractivity contribution >= 4 is 5.69 Å². The van der Waals surface area contributed by atoms with Crippen molar-refractivity contribution in [3.8, 4) is 16.8 Å². The van der Waals surface area contributed by atoms with Gasteiger partial charge in [0.1, 0.15) is 0 Å². The highest BCUT2D eigenvalue weighted by molar-refractivity contribution is 5.70. The number of nitro benzene ring substituents is 1. The van der Waals surface area contributed by atoms with E-state index in [1.807, 2.05) is 24.3 Å². The molecule has 0 aliphatic rings. The Hall–Kier alpha value is -3.66. The van der Waals surface area contributed by atoms with E-state index in [-0.39, 0.29) is 10.6 Å². The van der Waals surface area contributed by atoms with Gasteiger partial charge in [0.05, 0.1) is 4.92 Å². The van der Waals surface area contributed by atoms with E-state index in [0.29, 0.717) is 0 Å². The Balaban J connectivity index is 1.91. The maximum atomic E-state index is 11.1. The summed E-state index contributed by atoms with van der Waals surface area (Å²) in [7, 11) is 0. The molecule has 0 fully saturated rings. The van der Waals surface area contributed by atoms with E-state index in [2.05, 4.69) is 66.1 Å². The van der Waals surface area contributed by atoms with Gasteiger partial charge in [-0.05, 0) is 35.7 Å². The zero-order valence-corrected chi connectivity index (χ0v) is 17.0. The average Bonchev–Trinajstić information content (AvgIpc) is 3.13. The molecule has 4 aromatic rings. The summed E-state index contributed by atoms with van der Waals surface area (Å²) in [5, 5.41) is 11.1. The highest BCUT2D eigenvalue weighted by atomic mass is 16.6. The summed E-state index contributed by atoms with van der Waals surface area (Å²) in [6.07, 6.45) is 2.74. The number of hydrogen-bond donors (Lipinski definition) is 0. The van der Waals surface area contributed by atoms with Crippen LogP contribution in [0, 0.1) is 10.1 Å². The second-order valence-corrected chi connectivity index (χ2v) is 7.38. The lowest BCUT2D eigenvalue weighted by Gasteiger charge is -2.15. The number of nitro groups is 1. The van der Waals surface area contributed by atoms with E-state index in [9.17, 15) is 10.1 Å². The van der Waals surface area contributed by atoms with Crippen molar-refractivity contribution in [1.29, 1.82) is 0 Å². The quantitative estimate of drug-likeness (QED) is 0.261. The largest absolute Gasteiger partial charge is 0.317 e. The number of hydrogen-bond acceptors (Lipinski definition) is 2. The van der Waals surface area contributed by atoms with Crippen LogP contribution in [-0.2, 0) is 12.8 Å². The van der Waals surface area contributed by atoms with Crippen LogP contribution in [0.1, 0.15) is 30.3 Å². The fourth-order valence-electron chi connectivity index (χ4n) is 3.92. The first kappa shape index (κ1) is 19.6. The Labute approximate surface area is 176 Å². The molecule has 0 spiro atoms. The Morgan fingerprint density at radius 1 is 0.867 bits per heavy atom. The molecular formula is C26H24N2O2. The summed E-state index contributed by atoms with van der Waals surface area (Å²) < 4.78 is 2.28. The van der Waals surface area contributed by atoms with Crippen LogP contribution >= 0.6 is 0 Å². The Morgan fingerprint density at radius 2 is 1.50 bits per heavy atom. The van der Waals surface area contributed by atoms with Crippen LogP contribution < -0.4 is 0 Å². The van der Waals surface area contributed by atoms with Crippen molar-refractivity contribution < 1.29 is 4.92 Å². The van der Waals surface area contributed by atoms with Gasteiger partial charge in [-0.1, -0.05) is 74.0 Å². The summed E-state index contributed by atoms with van der Waals surface area (Å²) in [4.78, 5) is 10.8. The molecule has 0 saturated heterocycles. The third-order valence-corrected chi connectivity index (χ3v) is 5.30. The van der Waals surface area contributed by atoms with E-state index < -0.39 is 0 Å². The predicted octanol–water partition coefficient (Wildman–Crippen LogP) is 6.60. The summed E-state index contributed by atoms with van der Waals surface area (Å²) >= 11 is 0. The standard InChI is InChI=1S/C26H24N2O2/c1-2-9-24-19-25(21-12-7-4-8-13-21)26(18-20-10-5-3-6-11-20)27(24)22-14-16-23(17-15-22)28(29)30/h3-8,10-17,19H,2,9,18H2,1H3. The van der Waals surface area contributed by atoms with E-state index in [1.54, 1.807) is 12.1 Å². The van der Waals surface area contributed by atoms with Gasteiger partial charge in [-0.2, -0.15) is 0 Å². The SMILES string of the molecule is CCCc1cc(-c2ccccc2)c(Cc2ccccc2)n1-c1ccc([N+](=O)[O-])cc1. The van der Waals surface area contributed by atoms with Crippen LogP contribution in [0.5, 0.6) is 0 Å². The summed E-state index contributed by atoms with van der Waals surface area (Å²) in [5.74, 6) is 0. The molecule has 0 radical (unpaired) electrons. The Bertz CT molecular complexity index is 1130. The van der Waals surface area contributed by atoms with Crippen molar-refractivity contribution in [1.82, 2.24) is 4.57 Å². The van der Waals surface area contributed by atoms with E-state index in [0.717, 1.165) is 24.9 Å².